The van der Waals surface area contributed by atoms with Gasteiger partial charge in [0, 0.05) is 18.3 Å². The smallest absolute Gasteiger partial charge is 0.251 e. The molecule has 0 radical (unpaired) electrons. The summed E-state index contributed by atoms with van der Waals surface area (Å²) in [5, 5.41) is 0. The fourth-order valence-corrected chi connectivity index (χ4v) is 2.84. The van der Waals surface area contributed by atoms with Crippen LogP contribution in [-0.2, 0) is 25.9 Å². The van der Waals surface area contributed by atoms with Crippen LogP contribution in [-0.4, -0.2) is 4.57 Å². The lowest BCUT2D eigenvalue weighted by Crippen LogP contribution is -2.23. The molecule has 3 rings (SSSR count). The van der Waals surface area contributed by atoms with Gasteiger partial charge < -0.3 is 10.3 Å². The molecule has 1 aliphatic carbocycles. The second-order valence-corrected chi connectivity index (χ2v) is 5.11. The first-order chi connectivity index (χ1) is 9.28. The monoisotopic (exact) mass is 254 g/mol. The summed E-state index contributed by atoms with van der Waals surface area (Å²) >= 11 is 0. The molecule has 0 spiro atoms. The van der Waals surface area contributed by atoms with Crippen LogP contribution in [0.5, 0.6) is 0 Å². The molecule has 0 amide bonds. The molecule has 2 aromatic rings. The maximum absolute atomic E-state index is 12.1. The highest BCUT2D eigenvalue weighted by Gasteiger charge is 2.15. The van der Waals surface area contributed by atoms with Crippen molar-refractivity contribution in [2.45, 2.75) is 32.4 Å². The van der Waals surface area contributed by atoms with Crippen molar-refractivity contribution in [2.24, 2.45) is 5.73 Å². The third-order valence-electron chi connectivity index (χ3n) is 3.82. The molecule has 1 aromatic heterocycles. The Labute approximate surface area is 112 Å². The highest BCUT2D eigenvalue weighted by Crippen LogP contribution is 2.20. The Bertz CT molecular complexity index is 658. The Hall–Kier alpha value is -1.87. The SMILES string of the molecule is NCc1cccc(Cn2c3c(ccc2=O)CCC3)c1. The average molecular weight is 254 g/mol. The van der Waals surface area contributed by atoms with Crippen LogP contribution in [0, 0.1) is 0 Å². The lowest BCUT2D eigenvalue weighted by atomic mass is 10.1. The molecule has 0 fully saturated rings. The second kappa shape index (κ2) is 5.02. The number of hydrogen-bond acceptors (Lipinski definition) is 2. The Morgan fingerprint density at radius 1 is 1.11 bits per heavy atom. The Kier molecular flexibility index (Phi) is 3.22. The van der Waals surface area contributed by atoms with Crippen molar-refractivity contribution in [3.8, 4) is 0 Å². The predicted molar refractivity (Wildman–Crippen MR) is 76.2 cm³/mol. The molecule has 19 heavy (non-hydrogen) atoms. The molecule has 1 aliphatic rings. The van der Waals surface area contributed by atoms with E-state index in [9.17, 15) is 4.79 Å². The summed E-state index contributed by atoms with van der Waals surface area (Å²) in [7, 11) is 0. The van der Waals surface area contributed by atoms with Gasteiger partial charge in [-0.05, 0) is 36.0 Å². The predicted octanol–water partition coefficient (Wildman–Crippen LogP) is 1.84. The quantitative estimate of drug-likeness (QED) is 0.908. The number of fused-ring (bicyclic) bond motifs is 1. The van der Waals surface area contributed by atoms with E-state index in [2.05, 4.69) is 12.1 Å². The van der Waals surface area contributed by atoms with Gasteiger partial charge in [0.25, 0.3) is 5.56 Å². The molecule has 2 N–H and O–H groups in total. The van der Waals surface area contributed by atoms with Crippen molar-refractivity contribution in [1.29, 1.82) is 0 Å². The van der Waals surface area contributed by atoms with E-state index in [0.29, 0.717) is 13.1 Å². The van der Waals surface area contributed by atoms with Gasteiger partial charge in [-0.1, -0.05) is 30.3 Å². The lowest BCUT2D eigenvalue weighted by molar-refractivity contribution is 0.706. The first-order valence-corrected chi connectivity index (χ1v) is 6.77. The summed E-state index contributed by atoms with van der Waals surface area (Å²) in [6, 6.07) is 11.8. The number of pyridine rings is 1. The van der Waals surface area contributed by atoms with Gasteiger partial charge in [0.2, 0.25) is 0 Å². The third kappa shape index (κ3) is 2.34. The second-order valence-electron chi connectivity index (χ2n) is 5.11. The minimum atomic E-state index is 0.0961. The normalized spacial score (nSPS) is 13.5. The topological polar surface area (TPSA) is 48.0 Å². The zero-order valence-electron chi connectivity index (χ0n) is 10.9. The van der Waals surface area contributed by atoms with Crippen LogP contribution in [0.4, 0.5) is 0 Å². The van der Waals surface area contributed by atoms with E-state index in [-0.39, 0.29) is 5.56 Å². The zero-order chi connectivity index (χ0) is 13.2. The Morgan fingerprint density at radius 2 is 1.95 bits per heavy atom. The fourth-order valence-electron chi connectivity index (χ4n) is 2.84. The van der Waals surface area contributed by atoms with Gasteiger partial charge in [-0.25, -0.2) is 0 Å². The number of hydrogen-bond donors (Lipinski definition) is 1. The fraction of sp³-hybridized carbons (Fsp3) is 0.312. The first kappa shape index (κ1) is 12.2. The molecule has 0 saturated carbocycles. The molecule has 3 nitrogen and oxygen atoms in total. The minimum Gasteiger partial charge on any atom is -0.326 e. The zero-order valence-corrected chi connectivity index (χ0v) is 10.9. The van der Waals surface area contributed by atoms with Crippen LogP contribution in [0.1, 0.15) is 28.8 Å². The Balaban J connectivity index is 1.99. The van der Waals surface area contributed by atoms with E-state index in [1.165, 1.54) is 11.3 Å². The molecule has 0 unspecified atom stereocenters. The third-order valence-corrected chi connectivity index (χ3v) is 3.82. The minimum absolute atomic E-state index is 0.0961. The van der Waals surface area contributed by atoms with E-state index in [1.54, 1.807) is 6.07 Å². The molecule has 0 saturated heterocycles. The van der Waals surface area contributed by atoms with E-state index in [0.717, 1.165) is 30.4 Å². The highest BCUT2D eigenvalue weighted by atomic mass is 16.1. The molecule has 0 atom stereocenters. The van der Waals surface area contributed by atoms with Crippen molar-refractivity contribution in [3.63, 3.8) is 0 Å². The van der Waals surface area contributed by atoms with Gasteiger partial charge in [0.05, 0.1) is 6.54 Å². The van der Waals surface area contributed by atoms with Crippen molar-refractivity contribution < 1.29 is 0 Å². The van der Waals surface area contributed by atoms with Gasteiger partial charge in [-0.3, -0.25) is 4.79 Å². The summed E-state index contributed by atoms with van der Waals surface area (Å²) in [5.74, 6) is 0. The number of rotatable bonds is 3. The van der Waals surface area contributed by atoms with E-state index in [4.69, 9.17) is 5.73 Å². The van der Waals surface area contributed by atoms with Crippen LogP contribution in [0.15, 0.2) is 41.2 Å². The first-order valence-electron chi connectivity index (χ1n) is 6.77. The van der Waals surface area contributed by atoms with Gasteiger partial charge in [0.15, 0.2) is 0 Å². The molecule has 0 bridgehead atoms. The van der Waals surface area contributed by atoms with Crippen molar-refractivity contribution in [1.82, 2.24) is 4.57 Å². The standard InChI is InChI=1S/C16H18N2O/c17-10-12-3-1-4-13(9-12)11-18-15-6-2-5-14(15)7-8-16(18)19/h1,3-4,7-9H,2,5-6,10-11,17H2. The summed E-state index contributed by atoms with van der Waals surface area (Å²) in [5.41, 5.74) is 10.6. The van der Waals surface area contributed by atoms with Crippen LogP contribution in [0.2, 0.25) is 0 Å². The molecule has 98 valence electrons. The maximum Gasteiger partial charge on any atom is 0.251 e. The van der Waals surface area contributed by atoms with Crippen molar-refractivity contribution in [3.05, 3.63) is 69.1 Å². The number of nitrogens with two attached hydrogens (primary N) is 1. The lowest BCUT2D eigenvalue weighted by Gasteiger charge is -2.12. The van der Waals surface area contributed by atoms with Crippen LogP contribution in [0.25, 0.3) is 0 Å². The molecule has 1 aromatic carbocycles. The number of benzene rings is 1. The van der Waals surface area contributed by atoms with Crippen LogP contribution >= 0.6 is 0 Å². The molecular weight excluding hydrogens is 236 g/mol. The highest BCUT2D eigenvalue weighted by molar-refractivity contribution is 5.28. The van der Waals surface area contributed by atoms with Crippen molar-refractivity contribution in [2.75, 3.05) is 0 Å². The Morgan fingerprint density at radius 3 is 2.79 bits per heavy atom. The molecule has 3 heteroatoms. The average Bonchev–Trinajstić information content (AvgIpc) is 2.91. The molecule has 1 heterocycles. The molecule has 0 aliphatic heterocycles. The van der Waals surface area contributed by atoms with Gasteiger partial charge in [-0.2, -0.15) is 0 Å². The van der Waals surface area contributed by atoms with Crippen LogP contribution in [0.3, 0.4) is 0 Å². The maximum atomic E-state index is 12.1. The number of aryl methyl sites for hydroxylation is 1. The van der Waals surface area contributed by atoms with E-state index in [1.807, 2.05) is 22.8 Å². The van der Waals surface area contributed by atoms with Crippen LogP contribution < -0.4 is 11.3 Å². The largest absolute Gasteiger partial charge is 0.326 e. The van der Waals surface area contributed by atoms with Gasteiger partial charge >= 0.3 is 0 Å². The summed E-state index contributed by atoms with van der Waals surface area (Å²) < 4.78 is 1.91. The number of nitrogens with zero attached hydrogens (tertiary/aromatic N) is 1. The van der Waals surface area contributed by atoms with Gasteiger partial charge in [0.1, 0.15) is 0 Å². The molecular formula is C16H18N2O. The number of aromatic nitrogens is 1. The summed E-state index contributed by atoms with van der Waals surface area (Å²) in [4.78, 5) is 12.1. The summed E-state index contributed by atoms with van der Waals surface area (Å²) in [6.45, 7) is 1.19. The van der Waals surface area contributed by atoms with E-state index < -0.39 is 0 Å². The van der Waals surface area contributed by atoms with Crippen molar-refractivity contribution >= 4 is 0 Å². The van der Waals surface area contributed by atoms with Gasteiger partial charge in [-0.15, -0.1) is 0 Å². The van der Waals surface area contributed by atoms with E-state index >= 15 is 0 Å². The summed E-state index contributed by atoms with van der Waals surface area (Å²) in [6.07, 6.45) is 3.27.